The van der Waals surface area contributed by atoms with Crippen LogP contribution in [0.15, 0.2) is 53.3 Å². The summed E-state index contributed by atoms with van der Waals surface area (Å²) in [7, 11) is 0. The van der Waals surface area contributed by atoms with E-state index >= 15 is 0 Å². The molecule has 1 saturated heterocycles. The Balaban J connectivity index is 1.48. The van der Waals surface area contributed by atoms with E-state index in [0.717, 1.165) is 28.6 Å². The summed E-state index contributed by atoms with van der Waals surface area (Å²) in [5.74, 6) is 0.911. The lowest BCUT2D eigenvalue weighted by Crippen LogP contribution is -2.23. The molecule has 0 spiro atoms. The van der Waals surface area contributed by atoms with Gasteiger partial charge in [-0.25, -0.2) is 4.68 Å². The van der Waals surface area contributed by atoms with Crippen molar-refractivity contribution in [2.45, 2.75) is 19.3 Å². The van der Waals surface area contributed by atoms with E-state index in [1.807, 2.05) is 42.6 Å². The van der Waals surface area contributed by atoms with Crippen LogP contribution >= 0.6 is 11.6 Å². The second kappa shape index (κ2) is 6.76. The molecule has 1 atom stereocenters. The minimum Gasteiger partial charge on any atom is -0.468 e. The van der Waals surface area contributed by atoms with E-state index in [2.05, 4.69) is 15.2 Å². The number of hydrogen-bond acceptors (Lipinski definition) is 5. The van der Waals surface area contributed by atoms with Gasteiger partial charge in [-0.2, -0.15) is 0 Å². The maximum atomic E-state index is 6.21. The molecule has 24 heavy (non-hydrogen) atoms. The monoisotopic (exact) mass is 344 g/mol. The van der Waals surface area contributed by atoms with Gasteiger partial charge in [-0.05, 0) is 23.8 Å². The number of rotatable bonds is 5. The number of benzene rings is 1. The molecule has 0 aliphatic carbocycles. The minimum absolute atomic E-state index is 0.199. The molecule has 2 aromatic heterocycles. The number of furan rings is 1. The average molecular weight is 345 g/mol. The average Bonchev–Trinajstić information content (AvgIpc) is 3.32. The summed E-state index contributed by atoms with van der Waals surface area (Å²) >= 11 is 6.21. The Kier molecular flexibility index (Phi) is 4.34. The van der Waals surface area contributed by atoms with Crippen LogP contribution in [0.1, 0.15) is 23.2 Å². The van der Waals surface area contributed by atoms with Gasteiger partial charge in [0.1, 0.15) is 11.5 Å². The molecular weight excluding hydrogens is 328 g/mol. The Morgan fingerprint density at radius 1 is 1.17 bits per heavy atom. The smallest absolute Gasteiger partial charge is 0.157 e. The van der Waals surface area contributed by atoms with Gasteiger partial charge in [-0.15, -0.1) is 5.10 Å². The Hall–Kier alpha value is -2.15. The van der Waals surface area contributed by atoms with Crippen LogP contribution in [0.4, 0.5) is 0 Å². The number of aromatic nitrogens is 3. The number of ether oxygens (including phenoxy) is 1. The number of hydrogen-bond donors (Lipinski definition) is 0. The third-order valence-corrected chi connectivity index (χ3v) is 4.39. The van der Waals surface area contributed by atoms with E-state index in [1.165, 1.54) is 0 Å². The summed E-state index contributed by atoms with van der Waals surface area (Å²) in [4.78, 5) is 2.18. The van der Waals surface area contributed by atoms with E-state index < -0.39 is 0 Å². The highest BCUT2D eigenvalue weighted by Gasteiger charge is 2.30. The summed E-state index contributed by atoms with van der Waals surface area (Å²) in [6, 6.07) is 11.6. The molecule has 1 aliphatic heterocycles. The molecule has 124 valence electrons. The van der Waals surface area contributed by atoms with Gasteiger partial charge in [0.15, 0.2) is 6.23 Å². The van der Waals surface area contributed by atoms with E-state index in [9.17, 15) is 0 Å². The minimum atomic E-state index is -0.199. The molecular formula is C17H17ClN4O2. The zero-order valence-electron chi connectivity index (χ0n) is 13.0. The van der Waals surface area contributed by atoms with Crippen LogP contribution in [0.5, 0.6) is 0 Å². The van der Waals surface area contributed by atoms with Crippen molar-refractivity contribution >= 4 is 11.6 Å². The summed E-state index contributed by atoms with van der Waals surface area (Å²) in [6.45, 7) is 2.78. The molecule has 6 nitrogen and oxygen atoms in total. The van der Waals surface area contributed by atoms with Gasteiger partial charge in [0.05, 0.1) is 32.2 Å². The van der Waals surface area contributed by atoms with Crippen LogP contribution in [-0.2, 0) is 17.8 Å². The molecule has 7 heteroatoms. The van der Waals surface area contributed by atoms with Crippen molar-refractivity contribution in [3.63, 3.8) is 0 Å². The fourth-order valence-corrected chi connectivity index (χ4v) is 3.04. The molecule has 1 aromatic carbocycles. The highest BCUT2D eigenvalue weighted by Crippen LogP contribution is 2.27. The quantitative estimate of drug-likeness (QED) is 0.712. The summed E-state index contributed by atoms with van der Waals surface area (Å²) in [6.07, 6.45) is 3.39. The van der Waals surface area contributed by atoms with Crippen molar-refractivity contribution in [2.24, 2.45) is 0 Å². The lowest BCUT2D eigenvalue weighted by Gasteiger charge is -2.19. The molecule has 1 fully saturated rings. The van der Waals surface area contributed by atoms with Gasteiger partial charge < -0.3 is 9.15 Å². The molecule has 1 aliphatic rings. The Morgan fingerprint density at radius 3 is 2.92 bits per heavy atom. The van der Waals surface area contributed by atoms with Crippen LogP contribution in [0.3, 0.4) is 0 Å². The molecule has 0 saturated carbocycles. The largest absolute Gasteiger partial charge is 0.468 e. The van der Waals surface area contributed by atoms with E-state index in [4.69, 9.17) is 20.8 Å². The first-order valence-corrected chi connectivity index (χ1v) is 8.19. The number of halogens is 1. The van der Waals surface area contributed by atoms with Crippen LogP contribution < -0.4 is 0 Å². The van der Waals surface area contributed by atoms with Crippen molar-refractivity contribution in [1.29, 1.82) is 0 Å². The predicted molar refractivity (Wildman–Crippen MR) is 88.4 cm³/mol. The molecule has 0 bridgehead atoms. The van der Waals surface area contributed by atoms with Crippen molar-refractivity contribution < 1.29 is 9.15 Å². The summed E-state index contributed by atoms with van der Waals surface area (Å²) in [5, 5.41) is 9.21. The van der Waals surface area contributed by atoms with Gasteiger partial charge in [0.25, 0.3) is 0 Å². The maximum absolute atomic E-state index is 6.21. The SMILES string of the molecule is Clc1ccccc1Cn1cc([C@H]2OCCN2Cc2ccco2)nn1. The molecule has 0 amide bonds. The van der Waals surface area contributed by atoms with Gasteiger partial charge in [-0.1, -0.05) is 35.0 Å². The fourth-order valence-electron chi connectivity index (χ4n) is 2.85. The Morgan fingerprint density at radius 2 is 2.08 bits per heavy atom. The molecule has 0 N–H and O–H groups in total. The van der Waals surface area contributed by atoms with Crippen molar-refractivity contribution in [3.8, 4) is 0 Å². The topological polar surface area (TPSA) is 56.3 Å². The van der Waals surface area contributed by atoms with Gasteiger partial charge >= 0.3 is 0 Å². The second-order valence-corrected chi connectivity index (χ2v) is 6.11. The second-order valence-electron chi connectivity index (χ2n) is 5.71. The summed E-state index contributed by atoms with van der Waals surface area (Å²) in [5.41, 5.74) is 1.81. The third-order valence-electron chi connectivity index (χ3n) is 4.02. The molecule has 0 unspecified atom stereocenters. The fraction of sp³-hybridized carbons (Fsp3) is 0.294. The molecule has 3 heterocycles. The molecule has 0 radical (unpaired) electrons. The normalized spacial score (nSPS) is 18.3. The predicted octanol–water partition coefficient (Wildman–Crippen LogP) is 3.10. The van der Waals surface area contributed by atoms with Gasteiger partial charge in [0.2, 0.25) is 0 Å². The first-order chi connectivity index (χ1) is 11.8. The van der Waals surface area contributed by atoms with Gasteiger partial charge in [0, 0.05) is 11.6 Å². The third kappa shape index (κ3) is 3.21. The van der Waals surface area contributed by atoms with E-state index in [0.29, 0.717) is 19.7 Å². The maximum Gasteiger partial charge on any atom is 0.157 e. The summed E-state index contributed by atoms with van der Waals surface area (Å²) < 4.78 is 13.0. The number of nitrogens with zero attached hydrogens (tertiary/aromatic N) is 4. The van der Waals surface area contributed by atoms with Crippen molar-refractivity contribution in [3.05, 3.63) is 70.9 Å². The first kappa shape index (κ1) is 15.4. The van der Waals surface area contributed by atoms with E-state index in [-0.39, 0.29) is 6.23 Å². The lowest BCUT2D eigenvalue weighted by atomic mass is 10.2. The molecule has 3 aromatic rings. The highest BCUT2D eigenvalue weighted by molar-refractivity contribution is 6.31. The van der Waals surface area contributed by atoms with Crippen LogP contribution in [0.2, 0.25) is 5.02 Å². The van der Waals surface area contributed by atoms with Crippen LogP contribution in [0, 0.1) is 0 Å². The van der Waals surface area contributed by atoms with E-state index in [1.54, 1.807) is 10.9 Å². The lowest BCUT2D eigenvalue weighted by molar-refractivity contribution is 0.0223. The zero-order chi connectivity index (χ0) is 16.4. The molecule has 4 rings (SSSR count). The Labute approximate surface area is 144 Å². The van der Waals surface area contributed by atoms with Gasteiger partial charge in [-0.3, -0.25) is 4.90 Å². The first-order valence-electron chi connectivity index (χ1n) is 7.81. The van der Waals surface area contributed by atoms with Crippen molar-refractivity contribution in [2.75, 3.05) is 13.2 Å². The highest BCUT2D eigenvalue weighted by atomic mass is 35.5. The van der Waals surface area contributed by atoms with Crippen molar-refractivity contribution in [1.82, 2.24) is 19.9 Å². The zero-order valence-corrected chi connectivity index (χ0v) is 13.8. The standard InChI is InChI=1S/C17H17ClN4O2/c18-15-6-2-1-4-13(15)10-22-12-16(19-20-22)17-21(7-9-24-17)11-14-5-3-8-23-14/h1-6,8,12,17H,7,9-11H2/t17-/m1/s1. The Bertz CT molecular complexity index is 803. The van der Waals surface area contributed by atoms with Crippen LogP contribution in [-0.4, -0.2) is 33.0 Å². The van der Waals surface area contributed by atoms with Crippen LogP contribution in [0.25, 0.3) is 0 Å².